The van der Waals surface area contributed by atoms with Crippen molar-refractivity contribution in [3.05, 3.63) is 26.4 Å². The quantitative estimate of drug-likeness (QED) is 0.328. The van der Waals surface area contributed by atoms with Crippen LogP contribution in [0.5, 0.6) is 0 Å². The van der Waals surface area contributed by atoms with Crippen LogP contribution in [0.3, 0.4) is 0 Å². The second-order valence-electron chi connectivity index (χ2n) is 3.18. The van der Waals surface area contributed by atoms with Gasteiger partial charge in [-0.1, -0.05) is 11.6 Å². The molecule has 0 aromatic carbocycles. The molecule has 4 N–H and O–H groups in total. The Hall–Kier alpha value is -2.06. The van der Waals surface area contributed by atoms with Crippen LogP contribution in [0.1, 0.15) is 15.2 Å². The summed E-state index contributed by atoms with van der Waals surface area (Å²) in [6.07, 6.45) is 0. The zero-order valence-corrected chi connectivity index (χ0v) is 11.0. The Kier molecular flexibility index (Phi) is 4.52. The lowest BCUT2D eigenvalue weighted by Gasteiger charge is -2.04. The number of thiophene rings is 1. The number of hydrogen-bond acceptors (Lipinski definition) is 6. The lowest BCUT2D eigenvalue weighted by molar-refractivity contribution is -0.140. The molecule has 1 aromatic rings. The van der Waals surface area contributed by atoms with Gasteiger partial charge in [-0.05, 0) is 6.07 Å². The van der Waals surface area contributed by atoms with Crippen molar-refractivity contribution in [2.45, 2.75) is 0 Å². The number of carbonyl (C=O) groups excluding carboxylic acids is 1. The molecule has 0 fully saturated rings. The summed E-state index contributed by atoms with van der Waals surface area (Å²) in [7, 11) is 1.12. The number of ether oxygens (including phenoxy) is 1. The second-order valence-corrected chi connectivity index (χ2v) is 4.87. The van der Waals surface area contributed by atoms with E-state index in [1.165, 1.54) is 6.07 Å². The third-order valence-corrected chi connectivity index (χ3v) is 3.35. The summed E-state index contributed by atoms with van der Waals surface area (Å²) in [4.78, 5) is 33.1. The topological polar surface area (TPSA) is 127 Å². The molecule has 102 valence electrons. The van der Waals surface area contributed by atoms with E-state index in [-0.39, 0.29) is 14.8 Å². The molecule has 0 saturated heterocycles. The minimum atomic E-state index is -1.72. The average molecular weight is 306 g/mol. The Bertz CT molecular complexity index is 575. The SMILES string of the molecule is COC(=O)c1cc(Cl)sc1C(N)=C(C(=O)O)C(=O)O. The third kappa shape index (κ3) is 3.04. The Morgan fingerprint density at radius 3 is 2.26 bits per heavy atom. The van der Waals surface area contributed by atoms with Crippen LogP contribution < -0.4 is 5.73 Å². The average Bonchev–Trinajstić information content (AvgIpc) is 2.69. The summed E-state index contributed by atoms with van der Waals surface area (Å²) in [5, 5.41) is 17.6. The molecule has 0 aliphatic rings. The molecule has 19 heavy (non-hydrogen) atoms. The summed E-state index contributed by atoms with van der Waals surface area (Å²) >= 11 is 6.50. The Morgan fingerprint density at radius 1 is 1.32 bits per heavy atom. The number of esters is 1. The van der Waals surface area contributed by atoms with Gasteiger partial charge in [-0.15, -0.1) is 11.3 Å². The van der Waals surface area contributed by atoms with E-state index in [0.717, 1.165) is 18.4 Å². The molecule has 0 atom stereocenters. The molecule has 7 nitrogen and oxygen atoms in total. The molecule has 0 bridgehead atoms. The van der Waals surface area contributed by atoms with Crippen LogP contribution >= 0.6 is 22.9 Å². The number of carboxylic acids is 2. The predicted octanol–water partition coefficient (Wildman–Crippen LogP) is 1.03. The van der Waals surface area contributed by atoms with E-state index in [1.807, 2.05) is 0 Å². The zero-order valence-electron chi connectivity index (χ0n) is 9.47. The van der Waals surface area contributed by atoms with Crippen molar-refractivity contribution in [2.75, 3.05) is 7.11 Å². The van der Waals surface area contributed by atoms with E-state index < -0.39 is 29.2 Å². The maximum atomic E-state index is 11.5. The highest BCUT2D eigenvalue weighted by Gasteiger charge is 2.26. The highest BCUT2D eigenvalue weighted by atomic mass is 35.5. The van der Waals surface area contributed by atoms with Crippen molar-refractivity contribution >= 4 is 46.5 Å². The number of aliphatic carboxylic acids is 2. The van der Waals surface area contributed by atoms with Crippen LogP contribution in [0.4, 0.5) is 0 Å². The van der Waals surface area contributed by atoms with Crippen LogP contribution in [0.2, 0.25) is 4.34 Å². The van der Waals surface area contributed by atoms with Crippen LogP contribution in [0.15, 0.2) is 11.6 Å². The molecular formula is C10H8ClNO6S. The van der Waals surface area contributed by atoms with Crippen molar-refractivity contribution in [1.82, 2.24) is 0 Å². The summed E-state index contributed by atoms with van der Waals surface area (Å²) in [5.41, 5.74) is 3.83. The van der Waals surface area contributed by atoms with E-state index in [0.29, 0.717) is 0 Å². The van der Waals surface area contributed by atoms with Gasteiger partial charge in [0, 0.05) is 0 Å². The molecule has 0 aliphatic heterocycles. The molecule has 1 rings (SSSR count). The van der Waals surface area contributed by atoms with Gasteiger partial charge in [-0.3, -0.25) is 0 Å². The van der Waals surface area contributed by atoms with E-state index in [4.69, 9.17) is 27.5 Å². The normalized spacial score (nSPS) is 9.79. The van der Waals surface area contributed by atoms with E-state index in [9.17, 15) is 14.4 Å². The number of methoxy groups -OCH3 is 1. The first kappa shape index (κ1) is 15.0. The summed E-state index contributed by atoms with van der Waals surface area (Å²) in [6.45, 7) is 0. The predicted molar refractivity (Wildman–Crippen MR) is 67.0 cm³/mol. The molecule has 1 aromatic heterocycles. The fourth-order valence-electron chi connectivity index (χ4n) is 1.26. The van der Waals surface area contributed by atoms with E-state index >= 15 is 0 Å². The van der Waals surface area contributed by atoms with Crippen LogP contribution in [0.25, 0.3) is 5.70 Å². The molecule has 0 amide bonds. The zero-order chi connectivity index (χ0) is 14.7. The highest BCUT2D eigenvalue weighted by molar-refractivity contribution is 7.17. The smallest absolute Gasteiger partial charge is 0.345 e. The van der Waals surface area contributed by atoms with Gasteiger partial charge in [-0.2, -0.15) is 0 Å². The Balaban J connectivity index is 3.52. The summed E-state index contributed by atoms with van der Waals surface area (Å²) in [5.74, 6) is -4.23. The summed E-state index contributed by atoms with van der Waals surface area (Å²) < 4.78 is 4.62. The number of rotatable bonds is 4. The molecule has 1 heterocycles. The molecule has 0 aliphatic carbocycles. The Labute approximate surface area is 115 Å². The van der Waals surface area contributed by atoms with Crippen LogP contribution in [0, 0.1) is 0 Å². The van der Waals surface area contributed by atoms with Crippen LogP contribution in [-0.2, 0) is 14.3 Å². The van der Waals surface area contributed by atoms with Crippen molar-refractivity contribution in [3.8, 4) is 0 Å². The first-order valence-corrected chi connectivity index (χ1v) is 5.83. The van der Waals surface area contributed by atoms with E-state index in [2.05, 4.69) is 4.74 Å². The maximum absolute atomic E-state index is 11.5. The molecule has 0 radical (unpaired) electrons. The van der Waals surface area contributed by atoms with Crippen molar-refractivity contribution in [1.29, 1.82) is 0 Å². The number of carboxylic acid groups (broad SMARTS) is 2. The number of halogens is 1. The second kappa shape index (κ2) is 5.72. The molecule has 0 spiro atoms. The Morgan fingerprint density at radius 2 is 1.84 bits per heavy atom. The molecule has 9 heteroatoms. The monoisotopic (exact) mass is 305 g/mol. The number of carbonyl (C=O) groups is 3. The summed E-state index contributed by atoms with van der Waals surface area (Å²) in [6, 6.07) is 1.22. The van der Waals surface area contributed by atoms with Crippen molar-refractivity contribution in [3.63, 3.8) is 0 Å². The minimum absolute atomic E-state index is 0.0587. The first-order chi connectivity index (χ1) is 8.79. The fourth-order valence-corrected chi connectivity index (χ4v) is 2.43. The maximum Gasteiger partial charge on any atom is 0.345 e. The van der Waals surface area contributed by atoms with Gasteiger partial charge < -0.3 is 20.7 Å². The lowest BCUT2D eigenvalue weighted by atomic mass is 10.1. The standard InChI is InChI=1S/C10H8ClNO6S/c1-18-10(17)3-2-4(11)19-7(3)6(12)5(8(13)14)9(15)16/h2H,12H2,1H3,(H,13,14)(H,15,16). The minimum Gasteiger partial charge on any atom is -0.477 e. The number of nitrogens with two attached hydrogens (primary N) is 1. The van der Waals surface area contributed by atoms with Gasteiger partial charge in [-0.25, -0.2) is 14.4 Å². The highest BCUT2D eigenvalue weighted by Crippen LogP contribution is 2.32. The van der Waals surface area contributed by atoms with E-state index in [1.54, 1.807) is 0 Å². The first-order valence-electron chi connectivity index (χ1n) is 4.64. The van der Waals surface area contributed by atoms with Gasteiger partial charge in [0.05, 0.1) is 27.6 Å². The largest absolute Gasteiger partial charge is 0.477 e. The third-order valence-electron chi connectivity index (χ3n) is 2.05. The molecular weight excluding hydrogens is 298 g/mol. The molecule has 0 saturated carbocycles. The van der Waals surface area contributed by atoms with Gasteiger partial charge in [0.15, 0.2) is 5.57 Å². The van der Waals surface area contributed by atoms with Crippen LogP contribution in [-0.4, -0.2) is 35.2 Å². The fraction of sp³-hybridized carbons (Fsp3) is 0.100. The van der Waals surface area contributed by atoms with Gasteiger partial charge in [0.25, 0.3) is 0 Å². The lowest BCUT2D eigenvalue weighted by Crippen LogP contribution is -2.18. The van der Waals surface area contributed by atoms with Gasteiger partial charge in [0.1, 0.15) is 0 Å². The van der Waals surface area contributed by atoms with Crippen molar-refractivity contribution in [2.24, 2.45) is 5.73 Å². The van der Waals surface area contributed by atoms with Gasteiger partial charge in [0.2, 0.25) is 0 Å². The number of hydrogen-bond donors (Lipinski definition) is 3. The van der Waals surface area contributed by atoms with Crippen molar-refractivity contribution < 1.29 is 29.3 Å². The molecule has 0 unspecified atom stereocenters. The van der Waals surface area contributed by atoms with Gasteiger partial charge >= 0.3 is 17.9 Å².